The number of hydrogen-bond donors (Lipinski definition) is 1. The van der Waals surface area contributed by atoms with Gasteiger partial charge in [0.05, 0.1) is 5.75 Å². The summed E-state index contributed by atoms with van der Waals surface area (Å²) in [6, 6.07) is 9.66. The second-order valence-electron chi connectivity index (χ2n) is 2.54. The molecule has 0 radical (unpaired) electrons. The molecule has 0 N–H and O–H groups in total. The maximum absolute atomic E-state index is 5.03. The van der Waals surface area contributed by atoms with Gasteiger partial charge in [0.25, 0.3) is 5.89 Å². The molecule has 1 aromatic carbocycles. The van der Waals surface area contributed by atoms with Crippen LogP contribution in [0.3, 0.4) is 0 Å². The van der Waals surface area contributed by atoms with E-state index < -0.39 is 0 Å². The van der Waals surface area contributed by atoms with Gasteiger partial charge >= 0.3 is 0 Å². The number of thiol groups is 1. The van der Waals surface area contributed by atoms with Crippen molar-refractivity contribution in [2.24, 2.45) is 0 Å². The minimum Gasteiger partial charge on any atom is -0.334 e. The molecule has 0 bridgehead atoms. The van der Waals surface area contributed by atoms with Crippen molar-refractivity contribution in [1.29, 1.82) is 0 Å². The van der Waals surface area contributed by atoms with Crippen LogP contribution in [-0.2, 0) is 5.75 Å². The van der Waals surface area contributed by atoms with Crippen LogP contribution in [-0.4, -0.2) is 10.1 Å². The Balaban J connectivity index is 2.36. The summed E-state index contributed by atoms with van der Waals surface area (Å²) in [4.78, 5) is 4.14. The smallest absolute Gasteiger partial charge is 0.257 e. The average Bonchev–Trinajstić information content (AvgIpc) is 2.67. The van der Waals surface area contributed by atoms with Crippen LogP contribution in [0.4, 0.5) is 0 Å². The van der Waals surface area contributed by atoms with Gasteiger partial charge in [0.15, 0.2) is 5.82 Å². The van der Waals surface area contributed by atoms with E-state index in [2.05, 4.69) is 22.8 Å². The quantitative estimate of drug-likeness (QED) is 0.741. The summed E-state index contributed by atoms with van der Waals surface area (Å²) in [5.41, 5.74) is 0.933. The van der Waals surface area contributed by atoms with E-state index in [-0.39, 0.29) is 0 Å². The summed E-state index contributed by atoms with van der Waals surface area (Å²) in [7, 11) is 0. The highest BCUT2D eigenvalue weighted by Crippen LogP contribution is 2.16. The first-order chi connectivity index (χ1) is 6.40. The van der Waals surface area contributed by atoms with E-state index in [4.69, 9.17) is 4.52 Å². The normalized spacial score (nSPS) is 10.2. The average molecular weight is 192 g/mol. The largest absolute Gasteiger partial charge is 0.334 e. The first kappa shape index (κ1) is 8.31. The fourth-order valence-corrected chi connectivity index (χ4v) is 1.14. The molecule has 1 heterocycles. The Morgan fingerprint density at radius 2 is 2.00 bits per heavy atom. The van der Waals surface area contributed by atoms with Crippen LogP contribution < -0.4 is 0 Å². The topological polar surface area (TPSA) is 38.9 Å². The van der Waals surface area contributed by atoms with Crippen molar-refractivity contribution >= 4 is 12.6 Å². The Hall–Kier alpha value is -1.29. The standard InChI is InChI=1S/C9H8N2OS/c13-6-8-10-9(12-11-8)7-4-2-1-3-5-7/h1-5,13H,6H2. The van der Waals surface area contributed by atoms with Crippen LogP contribution >= 0.6 is 12.6 Å². The Kier molecular flexibility index (Phi) is 2.31. The molecule has 0 saturated heterocycles. The summed E-state index contributed by atoms with van der Waals surface area (Å²) in [5, 5.41) is 3.75. The third kappa shape index (κ3) is 1.72. The van der Waals surface area contributed by atoms with Crippen molar-refractivity contribution < 1.29 is 4.52 Å². The van der Waals surface area contributed by atoms with Crippen molar-refractivity contribution in [2.45, 2.75) is 5.75 Å². The zero-order chi connectivity index (χ0) is 9.10. The van der Waals surface area contributed by atoms with Crippen molar-refractivity contribution in [3.63, 3.8) is 0 Å². The SMILES string of the molecule is SCc1noc(-c2ccccc2)n1. The Labute approximate surface area is 81.2 Å². The van der Waals surface area contributed by atoms with Gasteiger partial charge in [-0.05, 0) is 12.1 Å². The molecule has 66 valence electrons. The third-order valence-electron chi connectivity index (χ3n) is 1.63. The Morgan fingerprint density at radius 1 is 1.23 bits per heavy atom. The molecule has 0 unspecified atom stereocenters. The van der Waals surface area contributed by atoms with Gasteiger partial charge in [0.2, 0.25) is 0 Å². The van der Waals surface area contributed by atoms with Crippen molar-refractivity contribution in [2.75, 3.05) is 0 Å². The highest BCUT2D eigenvalue weighted by atomic mass is 32.1. The van der Waals surface area contributed by atoms with Gasteiger partial charge in [-0.25, -0.2) is 0 Å². The molecule has 2 rings (SSSR count). The van der Waals surface area contributed by atoms with E-state index >= 15 is 0 Å². The molecule has 0 amide bonds. The van der Waals surface area contributed by atoms with Crippen molar-refractivity contribution in [3.05, 3.63) is 36.2 Å². The Morgan fingerprint density at radius 3 is 2.62 bits per heavy atom. The summed E-state index contributed by atoms with van der Waals surface area (Å²) in [5.74, 6) is 1.66. The predicted octanol–water partition coefficient (Wildman–Crippen LogP) is 2.17. The number of hydrogen-bond acceptors (Lipinski definition) is 4. The summed E-state index contributed by atoms with van der Waals surface area (Å²) < 4.78 is 5.03. The molecule has 1 aromatic heterocycles. The lowest BCUT2D eigenvalue weighted by Crippen LogP contribution is -1.80. The summed E-state index contributed by atoms with van der Waals surface area (Å²) >= 11 is 4.05. The zero-order valence-corrected chi connectivity index (χ0v) is 7.74. The number of aromatic nitrogens is 2. The molecule has 0 aliphatic heterocycles. The molecule has 0 aliphatic carbocycles. The Bertz CT molecular complexity index is 386. The number of benzene rings is 1. The number of nitrogens with zero attached hydrogens (tertiary/aromatic N) is 2. The first-order valence-corrected chi connectivity index (χ1v) is 4.52. The molecular weight excluding hydrogens is 184 g/mol. The van der Waals surface area contributed by atoms with E-state index in [0.717, 1.165) is 5.56 Å². The van der Waals surface area contributed by atoms with Crippen molar-refractivity contribution in [3.8, 4) is 11.5 Å². The summed E-state index contributed by atoms with van der Waals surface area (Å²) in [6.07, 6.45) is 0. The monoisotopic (exact) mass is 192 g/mol. The molecule has 2 aromatic rings. The van der Waals surface area contributed by atoms with Crippen LogP contribution in [0.15, 0.2) is 34.9 Å². The minimum absolute atomic E-state index is 0.496. The van der Waals surface area contributed by atoms with E-state index in [0.29, 0.717) is 17.5 Å². The third-order valence-corrected chi connectivity index (χ3v) is 1.91. The first-order valence-electron chi connectivity index (χ1n) is 3.89. The van der Waals surface area contributed by atoms with Gasteiger partial charge in [-0.2, -0.15) is 17.6 Å². The molecule has 0 aliphatic rings. The van der Waals surface area contributed by atoms with Gasteiger partial charge in [0.1, 0.15) is 0 Å². The molecule has 13 heavy (non-hydrogen) atoms. The highest BCUT2D eigenvalue weighted by molar-refractivity contribution is 7.79. The van der Waals surface area contributed by atoms with Crippen LogP contribution in [0, 0.1) is 0 Å². The zero-order valence-electron chi connectivity index (χ0n) is 6.84. The fourth-order valence-electron chi connectivity index (χ4n) is 1.02. The van der Waals surface area contributed by atoms with Gasteiger partial charge < -0.3 is 4.52 Å². The van der Waals surface area contributed by atoms with Crippen molar-refractivity contribution in [1.82, 2.24) is 10.1 Å². The summed E-state index contributed by atoms with van der Waals surface area (Å²) in [6.45, 7) is 0. The lowest BCUT2D eigenvalue weighted by Gasteiger charge is -1.89. The van der Waals surface area contributed by atoms with E-state index in [1.165, 1.54) is 0 Å². The van der Waals surface area contributed by atoms with Gasteiger partial charge in [0, 0.05) is 5.56 Å². The van der Waals surface area contributed by atoms with Crippen LogP contribution in [0.25, 0.3) is 11.5 Å². The van der Waals surface area contributed by atoms with Gasteiger partial charge in [-0.15, -0.1) is 0 Å². The second kappa shape index (κ2) is 3.62. The number of rotatable bonds is 2. The minimum atomic E-state index is 0.496. The van der Waals surface area contributed by atoms with E-state index in [9.17, 15) is 0 Å². The molecule has 4 heteroatoms. The molecule has 3 nitrogen and oxygen atoms in total. The van der Waals surface area contributed by atoms with Gasteiger partial charge in [-0.3, -0.25) is 0 Å². The second-order valence-corrected chi connectivity index (χ2v) is 2.86. The predicted molar refractivity (Wildman–Crippen MR) is 52.4 cm³/mol. The maximum Gasteiger partial charge on any atom is 0.257 e. The van der Waals surface area contributed by atoms with E-state index in [1.807, 2.05) is 30.3 Å². The molecule has 0 fully saturated rings. The molecule has 0 atom stereocenters. The molecular formula is C9H8N2OS. The molecule has 0 saturated carbocycles. The lowest BCUT2D eigenvalue weighted by atomic mass is 10.2. The van der Waals surface area contributed by atoms with Crippen LogP contribution in [0.5, 0.6) is 0 Å². The molecule has 0 spiro atoms. The van der Waals surface area contributed by atoms with Gasteiger partial charge in [-0.1, -0.05) is 23.4 Å². The van der Waals surface area contributed by atoms with Crippen LogP contribution in [0.2, 0.25) is 0 Å². The lowest BCUT2D eigenvalue weighted by molar-refractivity contribution is 0.425. The van der Waals surface area contributed by atoms with Crippen LogP contribution in [0.1, 0.15) is 5.82 Å². The maximum atomic E-state index is 5.03. The fraction of sp³-hybridized carbons (Fsp3) is 0.111. The highest BCUT2D eigenvalue weighted by Gasteiger charge is 2.05. The van der Waals surface area contributed by atoms with E-state index in [1.54, 1.807) is 0 Å².